The standard InChI is InChI=1S/C19H23ClN2O4S/c1-14(2)13-26-11-10-19(23)21-17-4-3-5-18(12-17)27(24,25)22-16-8-6-15(20)7-9-16/h3-9,12,14,22H,10-11,13H2,1-2H3,(H,21,23). The van der Waals surface area contributed by atoms with E-state index in [1.807, 2.05) is 13.8 Å². The number of hydrogen-bond donors (Lipinski definition) is 2. The van der Waals surface area contributed by atoms with Crippen LogP contribution in [0.25, 0.3) is 0 Å². The van der Waals surface area contributed by atoms with Crippen LogP contribution in [0.2, 0.25) is 5.02 Å². The molecule has 0 aliphatic rings. The van der Waals surface area contributed by atoms with Crippen molar-refractivity contribution in [2.24, 2.45) is 5.92 Å². The molecule has 0 spiro atoms. The molecule has 2 aromatic carbocycles. The van der Waals surface area contributed by atoms with Gasteiger partial charge >= 0.3 is 0 Å². The minimum absolute atomic E-state index is 0.0475. The molecule has 8 heteroatoms. The van der Waals surface area contributed by atoms with Crippen LogP contribution in [-0.4, -0.2) is 27.5 Å². The number of carbonyl (C=O) groups excluding carboxylic acids is 1. The number of hydrogen-bond acceptors (Lipinski definition) is 4. The molecule has 0 aliphatic heterocycles. The quantitative estimate of drug-likeness (QED) is 0.608. The highest BCUT2D eigenvalue weighted by atomic mass is 35.5. The molecule has 0 atom stereocenters. The Balaban J connectivity index is 1.99. The maximum atomic E-state index is 12.5. The largest absolute Gasteiger partial charge is 0.381 e. The molecule has 146 valence electrons. The highest BCUT2D eigenvalue weighted by molar-refractivity contribution is 7.92. The van der Waals surface area contributed by atoms with E-state index in [1.165, 1.54) is 12.1 Å². The molecule has 0 radical (unpaired) electrons. The highest BCUT2D eigenvalue weighted by Gasteiger charge is 2.15. The molecule has 27 heavy (non-hydrogen) atoms. The SMILES string of the molecule is CC(C)COCCC(=O)Nc1cccc(S(=O)(=O)Nc2ccc(Cl)cc2)c1. The lowest BCUT2D eigenvalue weighted by atomic mass is 10.2. The average Bonchev–Trinajstić information content (AvgIpc) is 2.61. The Labute approximate surface area is 164 Å². The van der Waals surface area contributed by atoms with Gasteiger partial charge in [-0.05, 0) is 48.4 Å². The first-order chi connectivity index (χ1) is 12.8. The summed E-state index contributed by atoms with van der Waals surface area (Å²) in [5, 5.41) is 3.20. The highest BCUT2D eigenvalue weighted by Crippen LogP contribution is 2.20. The maximum Gasteiger partial charge on any atom is 0.261 e. The number of amides is 1. The van der Waals surface area contributed by atoms with Crippen molar-refractivity contribution >= 4 is 38.9 Å². The molecule has 0 saturated carbocycles. The van der Waals surface area contributed by atoms with E-state index < -0.39 is 10.0 Å². The van der Waals surface area contributed by atoms with Crippen LogP contribution in [0, 0.1) is 5.92 Å². The predicted octanol–water partition coefficient (Wildman–Crippen LogP) is 4.14. The van der Waals surface area contributed by atoms with Crippen molar-refractivity contribution in [3.63, 3.8) is 0 Å². The lowest BCUT2D eigenvalue weighted by molar-refractivity contribution is -0.117. The Hall–Kier alpha value is -2.09. The zero-order valence-electron chi connectivity index (χ0n) is 15.2. The number of anilines is 2. The fourth-order valence-corrected chi connectivity index (χ4v) is 3.41. The van der Waals surface area contributed by atoms with E-state index in [4.69, 9.17) is 16.3 Å². The van der Waals surface area contributed by atoms with E-state index in [0.29, 0.717) is 35.5 Å². The number of benzene rings is 2. The zero-order chi connectivity index (χ0) is 19.9. The summed E-state index contributed by atoms with van der Waals surface area (Å²) in [6, 6.07) is 12.4. The Morgan fingerprint density at radius 3 is 2.48 bits per heavy atom. The van der Waals surface area contributed by atoms with Gasteiger partial charge in [0.2, 0.25) is 5.91 Å². The van der Waals surface area contributed by atoms with Crippen molar-refractivity contribution in [3.05, 3.63) is 53.6 Å². The van der Waals surface area contributed by atoms with E-state index in [-0.39, 0.29) is 17.2 Å². The third-order valence-corrected chi connectivity index (χ3v) is 5.08. The van der Waals surface area contributed by atoms with Gasteiger partial charge in [-0.25, -0.2) is 8.42 Å². The van der Waals surface area contributed by atoms with Crippen molar-refractivity contribution in [3.8, 4) is 0 Å². The molecule has 0 fully saturated rings. The van der Waals surface area contributed by atoms with E-state index in [2.05, 4.69) is 10.0 Å². The molecule has 6 nitrogen and oxygen atoms in total. The first kappa shape index (κ1) is 21.2. The van der Waals surface area contributed by atoms with Crippen LogP contribution in [0.1, 0.15) is 20.3 Å². The second-order valence-corrected chi connectivity index (χ2v) is 8.53. The lowest BCUT2D eigenvalue weighted by Crippen LogP contribution is -2.16. The summed E-state index contributed by atoms with van der Waals surface area (Å²) in [4.78, 5) is 12.0. The van der Waals surface area contributed by atoms with Gasteiger partial charge in [-0.1, -0.05) is 31.5 Å². The molecule has 0 aromatic heterocycles. The van der Waals surface area contributed by atoms with Gasteiger partial charge in [0.1, 0.15) is 0 Å². The van der Waals surface area contributed by atoms with Gasteiger partial charge in [0.05, 0.1) is 17.9 Å². The maximum absolute atomic E-state index is 12.5. The summed E-state index contributed by atoms with van der Waals surface area (Å²) in [6.45, 7) is 4.98. The van der Waals surface area contributed by atoms with Gasteiger partial charge in [-0.15, -0.1) is 0 Å². The van der Waals surface area contributed by atoms with Crippen LogP contribution < -0.4 is 10.0 Å². The summed E-state index contributed by atoms with van der Waals surface area (Å²) in [6.07, 6.45) is 0.201. The van der Waals surface area contributed by atoms with Crippen LogP contribution in [-0.2, 0) is 19.6 Å². The number of sulfonamides is 1. The fourth-order valence-electron chi connectivity index (χ4n) is 2.18. The molecular weight excluding hydrogens is 388 g/mol. The van der Waals surface area contributed by atoms with E-state index in [0.717, 1.165) is 0 Å². The normalized spacial score (nSPS) is 11.4. The zero-order valence-corrected chi connectivity index (χ0v) is 16.8. The van der Waals surface area contributed by atoms with Crippen molar-refractivity contribution in [2.45, 2.75) is 25.2 Å². The van der Waals surface area contributed by atoms with Gasteiger partial charge in [-0.2, -0.15) is 0 Å². The third-order valence-electron chi connectivity index (χ3n) is 3.45. The predicted molar refractivity (Wildman–Crippen MR) is 108 cm³/mol. The fraction of sp³-hybridized carbons (Fsp3) is 0.316. The van der Waals surface area contributed by atoms with Gasteiger partial charge in [0.25, 0.3) is 10.0 Å². The Bertz CT molecular complexity index is 868. The number of nitrogens with one attached hydrogen (secondary N) is 2. The average molecular weight is 411 g/mol. The summed E-state index contributed by atoms with van der Waals surface area (Å²) in [7, 11) is -3.78. The molecule has 2 rings (SSSR count). The second-order valence-electron chi connectivity index (χ2n) is 6.41. The van der Waals surface area contributed by atoms with Gasteiger partial charge in [-0.3, -0.25) is 9.52 Å². The first-order valence-electron chi connectivity index (χ1n) is 8.52. The van der Waals surface area contributed by atoms with Crippen LogP contribution in [0.5, 0.6) is 0 Å². The van der Waals surface area contributed by atoms with Crippen LogP contribution in [0.4, 0.5) is 11.4 Å². The second kappa shape index (κ2) is 9.73. The molecule has 0 aliphatic carbocycles. The summed E-state index contributed by atoms with van der Waals surface area (Å²) < 4.78 is 32.9. The monoisotopic (exact) mass is 410 g/mol. The van der Waals surface area contributed by atoms with Crippen LogP contribution in [0.3, 0.4) is 0 Å². The topological polar surface area (TPSA) is 84.5 Å². The Morgan fingerprint density at radius 2 is 1.81 bits per heavy atom. The van der Waals surface area contributed by atoms with E-state index >= 15 is 0 Å². The van der Waals surface area contributed by atoms with Crippen molar-refractivity contribution < 1.29 is 17.9 Å². The van der Waals surface area contributed by atoms with Crippen molar-refractivity contribution in [2.75, 3.05) is 23.3 Å². The van der Waals surface area contributed by atoms with Crippen molar-refractivity contribution in [1.82, 2.24) is 0 Å². The van der Waals surface area contributed by atoms with E-state index in [1.54, 1.807) is 36.4 Å². The molecule has 2 aromatic rings. The molecule has 1 amide bonds. The molecule has 0 heterocycles. The molecule has 0 saturated heterocycles. The molecule has 2 N–H and O–H groups in total. The molecule has 0 bridgehead atoms. The van der Waals surface area contributed by atoms with Crippen LogP contribution in [0.15, 0.2) is 53.4 Å². The number of ether oxygens (including phenoxy) is 1. The third kappa shape index (κ3) is 7.21. The van der Waals surface area contributed by atoms with Gasteiger partial charge in [0, 0.05) is 23.0 Å². The summed E-state index contributed by atoms with van der Waals surface area (Å²) >= 11 is 5.80. The first-order valence-corrected chi connectivity index (χ1v) is 10.4. The smallest absolute Gasteiger partial charge is 0.261 e. The summed E-state index contributed by atoms with van der Waals surface area (Å²) in [5.41, 5.74) is 0.805. The summed E-state index contributed by atoms with van der Waals surface area (Å²) in [5.74, 6) is 0.169. The molecular formula is C19H23ClN2O4S. The Kier molecular flexibility index (Phi) is 7.65. The number of halogens is 1. The van der Waals surface area contributed by atoms with Crippen LogP contribution >= 0.6 is 11.6 Å². The number of carbonyl (C=O) groups is 1. The van der Waals surface area contributed by atoms with Crippen molar-refractivity contribution in [1.29, 1.82) is 0 Å². The van der Waals surface area contributed by atoms with Gasteiger partial charge < -0.3 is 10.1 Å². The lowest BCUT2D eigenvalue weighted by Gasteiger charge is -2.11. The van der Waals surface area contributed by atoms with Gasteiger partial charge in [0.15, 0.2) is 0 Å². The van der Waals surface area contributed by atoms with E-state index in [9.17, 15) is 13.2 Å². The molecule has 0 unspecified atom stereocenters. The minimum atomic E-state index is -3.78. The Morgan fingerprint density at radius 1 is 1.11 bits per heavy atom. The minimum Gasteiger partial charge on any atom is -0.381 e. The number of rotatable bonds is 9.